The molecule has 1 amide bonds. The van der Waals surface area contributed by atoms with E-state index in [1.807, 2.05) is 44.2 Å². The number of nitrogens with one attached hydrogen (secondary N) is 1. The molecule has 0 bridgehead atoms. The van der Waals surface area contributed by atoms with E-state index >= 15 is 0 Å². The third-order valence-corrected chi connectivity index (χ3v) is 5.61. The number of benzene rings is 1. The summed E-state index contributed by atoms with van der Waals surface area (Å²) in [7, 11) is 0. The second-order valence-corrected chi connectivity index (χ2v) is 7.91. The molecule has 0 radical (unpaired) electrons. The van der Waals surface area contributed by atoms with Crippen molar-refractivity contribution < 1.29 is 4.79 Å². The lowest BCUT2D eigenvalue weighted by Crippen LogP contribution is -2.41. The Morgan fingerprint density at radius 2 is 1.83 bits per heavy atom. The highest BCUT2D eigenvalue weighted by atomic mass is 16.1. The summed E-state index contributed by atoms with van der Waals surface area (Å²) in [5, 5.41) is 16.3. The molecule has 0 spiro atoms. The molecule has 0 saturated carbocycles. The van der Waals surface area contributed by atoms with Gasteiger partial charge < -0.3 is 10.2 Å². The first-order chi connectivity index (χ1) is 14.5. The van der Waals surface area contributed by atoms with Crippen molar-refractivity contribution in [3.63, 3.8) is 0 Å². The number of rotatable bonds is 5. The van der Waals surface area contributed by atoms with Crippen LogP contribution < -0.4 is 10.2 Å². The molecule has 2 aromatic heterocycles. The molecule has 1 aliphatic heterocycles. The number of carbonyl (C=O) groups excluding carboxylic acids is 1. The Kier molecular flexibility index (Phi) is 5.79. The second-order valence-electron chi connectivity index (χ2n) is 7.91. The Bertz CT molecular complexity index is 1010. The van der Waals surface area contributed by atoms with Crippen molar-refractivity contribution in [2.75, 3.05) is 23.3 Å². The van der Waals surface area contributed by atoms with Gasteiger partial charge in [0.05, 0.1) is 11.6 Å². The Hall–Kier alpha value is -3.22. The Morgan fingerprint density at radius 1 is 1.10 bits per heavy atom. The van der Waals surface area contributed by atoms with Gasteiger partial charge in [0.1, 0.15) is 0 Å². The molecule has 7 heteroatoms. The van der Waals surface area contributed by atoms with E-state index < -0.39 is 0 Å². The highest BCUT2D eigenvalue weighted by Gasteiger charge is 2.27. The lowest BCUT2D eigenvalue weighted by Gasteiger charge is -2.32. The van der Waals surface area contributed by atoms with Gasteiger partial charge in [0.15, 0.2) is 11.6 Å². The number of carbonyl (C=O) groups is 1. The van der Waals surface area contributed by atoms with E-state index in [9.17, 15) is 4.79 Å². The van der Waals surface area contributed by atoms with Crippen molar-refractivity contribution in [1.82, 2.24) is 20.0 Å². The van der Waals surface area contributed by atoms with Gasteiger partial charge >= 0.3 is 0 Å². The molecule has 30 heavy (non-hydrogen) atoms. The summed E-state index contributed by atoms with van der Waals surface area (Å²) in [6, 6.07) is 14.0. The highest BCUT2D eigenvalue weighted by molar-refractivity contribution is 5.93. The van der Waals surface area contributed by atoms with Gasteiger partial charge in [0.2, 0.25) is 5.91 Å². The minimum absolute atomic E-state index is 0.0659. The van der Waals surface area contributed by atoms with Crippen molar-refractivity contribution in [1.29, 1.82) is 0 Å². The first-order valence-corrected chi connectivity index (χ1v) is 10.6. The smallest absolute Gasteiger partial charge is 0.229 e. The van der Waals surface area contributed by atoms with Gasteiger partial charge in [-0.3, -0.25) is 4.79 Å². The summed E-state index contributed by atoms with van der Waals surface area (Å²) in [6.45, 7) is 7.61. The van der Waals surface area contributed by atoms with Crippen molar-refractivity contribution >= 4 is 17.4 Å². The molecule has 0 aliphatic carbocycles. The van der Waals surface area contributed by atoms with Crippen LogP contribution in [0.1, 0.15) is 36.7 Å². The minimum atomic E-state index is -0.0675. The average molecular weight is 405 g/mol. The summed E-state index contributed by atoms with van der Waals surface area (Å²) in [5.41, 5.74) is 4.09. The topological polar surface area (TPSA) is 75.9 Å². The molecule has 1 fully saturated rings. The van der Waals surface area contributed by atoms with Gasteiger partial charge in [-0.05, 0) is 69.0 Å². The second kappa shape index (κ2) is 8.65. The molecule has 1 unspecified atom stereocenters. The first kappa shape index (κ1) is 20.1. The zero-order chi connectivity index (χ0) is 21.1. The summed E-state index contributed by atoms with van der Waals surface area (Å²) < 4.78 is 1.79. The number of amides is 1. The average Bonchev–Trinajstić information content (AvgIpc) is 3.12. The maximum absolute atomic E-state index is 12.8. The van der Waals surface area contributed by atoms with Crippen LogP contribution in [-0.2, 0) is 11.2 Å². The van der Waals surface area contributed by atoms with E-state index in [1.54, 1.807) is 4.68 Å². The number of anilines is 2. The van der Waals surface area contributed by atoms with Gasteiger partial charge in [-0.15, -0.1) is 10.2 Å². The molecule has 156 valence electrons. The van der Waals surface area contributed by atoms with E-state index in [2.05, 4.69) is 44.6 Å². The van der Waals surface area contributed by atoms with Gasteiger partial charge in [-0.25, -0.2) is 4.68 Å². The highest BCUT2D eigenvalue weighted by Crippen LogP contribution is 2.23. The monoisotopic (exact) mass is 404 g/mol. The Balaban J connectivity index is 1.41. The van der Waals surface area contributed by atoms with E-state index in [0.29, 0.717) is 12.4 Å². The molecular formula is C23H28N6O. The lowest BCUT2D eigenvalue weighted by molar-refractivity contribution is -0.120. The zero-order valence-corrected chi connectivity index (χ0v) is 17.8. The standard InChI is InChI=1S/C23H28N6O/c1-4-18-7-9-20(10-8-18)24-23(30)19-6-5-13-28(15-19)21-11-12-22(26-25-21)29-17(3)14-16(2)27-29/h7-12,14,19H,4-6,13,15H2,1-3H3,(H,24,30). The van der Waals surface area contributed by atoms with Crippen LogP contribution in [0, 0.1) is 19.8 Å². The van der Waals surface area contributed by atoms with Gasteiger partial charge in [0.25, 0.3) is 0 Å². The maximum Gasteiger partial charge on any atom is 0.229 e. The zero-order valence-electron chi connectivity index (χ0n) is 17.8. The first-order valence-electron chi connectivity index (χ1n) is 10.6. The van der Waals surface area contributed by atoms with Crippen molar-refractivity contribution in [3.05, 3.63) is 59.4 Å². The minimum Gasteiger partial charge on any atom is -0.354 e. The molecule has 4 rings (SSSR count). The van der Waals surface area contributed by atoms with Crippen molar-refractivity contribution in [3.8, 4) is 5.82 Å². The molecule has 1 aromatic carbocycles. The van der Waals surface area contributed by atoms with Crippen LogP contribution >= 0.6 is 0 Å². The Morgan fingerprint density at radius 3 is 2.47 bits per heavy atom. The van der Waals surface area contributed by atoms with Crippen LogP contribution in [-0.4, -0.2) is 39.0 Å². The fourth-order valence-corrected chi connectivity index (χ4v) is 3.93. The molecular weight excluding hydrogens is 376 g/mol. The van der Waals surface area contributed by atoms with E-state index in [1.165, 1.54) is 5.56 Å². The Labute approximate surface area is 177 Å². The molecule has 3 aromatic rings. The predicted octanol–water partition coefficient (Wildman–Crippen LogP) is 3.70. The number of nitrogens with zero attached hydrogens (tertiary/aromatic N) is 5. The van der Waals surface area contributed by atoms with Crippen LogP contribution in [0.3, 0.4) is 0 Å². The number of aromatic nitrogens is 4. The summed E-state index contributed by atoms with van der Waals surface area (Å²) in [6.07, 6.45) is 2.83. The third-order valence-electron chi connectivity index (χ3n) is 5.61. The van der Waals surface area contributed by atoms with Crippen LogP contribution in [0.2, 0.25) is 0 Å². The van der Waals surface area contributed by atoms with Gasteiger partial charge in [0, 0.05) is 24.5 Å². The number of aryl methyl sites for hydroxylation is 3. The quantitative estimate of drug-likeness (QED) is 0.702. The van der Waals surface area contributed by atoms with Crippen molar-refractivity contribution in [2.24, 2.45) is 5.92 Å². The molecule has 1 atom stereocenters. The van der Waals surface area contributed by atoms with Crippen molar-refractivity contribution in [2.45, 2.75) is 40.0 Å². The van der Waals surface area contributed by atoms with Crippen LogP contribution in [0.25, 0.3) is 5.82 Å². The predicted molar refractivity (Wildman–Crippen MR) is 118 cm³/mol. The fourth-order valence-electron chi connectivity index (χ4n) is 3.93. The van der Waals surface area contributed by atoms with Gasteiger partial charge in [-0.2, -0.15) is 5.10 Å². The molecule has 3 heterocycles. The summed E-state index contributed by atoms with van der Waals surface area (Å²) in [5.74, 6) is 1.49. The summed E-state index contributed by atoms with van der Waals surface area (Å²) in [4.78, 5) is 14.9. The fraction of sp³-hybridized carbons (Fsp3) is 0.391. The number of hydrogen-bond donors (Lipinski definition) is 1. The summed E-state index contributed by atoms with van der Waals surface area (Å²) >= 11 is 0. The van der Waals surface area contributed by atoms with Crippen LogP contribution in [0.15, 0.2) is 42.5 Å². The largest absolute Gasteiger partial charge is 0.354 e. The van der Waals surface area contributed by atoms with E-state index in [0.717, 1.165) is 48.7 Å². The third kappa shape index (κ3) is 4.35. The maximum atomic E-state index is 12.8. The van der Waals surface area contributed by atoms with E-state index in [-0.39, 0.29) is 11.8 Å². The van der Waals surface area contributed by atoms with Crippen LogP contribution in [0.4, 0.5) is 11.5 Å². The SMILES string of the molecule is CCc1ccc(NC(=O)C2CCCN(c3ccc(-n4nc(C)cc4C)nn3)C2)cc1. The van der Waals surface area contributed by atoms with E-state index in [4.69, 9.17) is 0 Å². The number of piperidine rings is 1. The number of hydrogen-bond acceptors (Lipinski definition) is 5. The molecule has 7 nitrogen and oxygen atoms in total. The normalized spacial score (nSPS) is 16.5. The molecule has 1 saturated heterocycles. The molecule has 1 aliphatic rings. The molecule has 1 N–H and O–H groups in total. The van der Waals surface area contributed by atoms with Gasteiger partial charge in [-0.1, -0.05) is 19.1 Å². The lowest BCUT2D eigenvalue weighted by atomic mass is 9.97. The van der Waals surface area contributed by atoms with Crippen LogP contribution in [0.5, 0.6) is 0 Å².